The maximum atomic E-state index is 12.7. The molecular weight excluding hydrogens is 285 g/mol. The van der Waals surface area contributed by atoms with Gasteiger partial charge in [0.2, 0.25) is 5.95 Å². The van der Waals surface area contributed by atoms with E-state index in [0.717, 1.165) is 15.7 Å². The lowest BCUT2D eigenvalue weighted by atomic mass is 10.2. The van der Waals surface area contributed by atoms with E-state index in [0.29, 0.717) is 12.5 Å². The van der Waals surface area contributed by atoms with E-state index in [9.17, 15) is 4.39 Å². The Hall–Kier alpha value is -1.49. The number of hydrogen-bond donors (Lipinski definition) is 1. The van der Waals surface area contributed by atoms with Crippen LogP contribution in [0.15, 0.2) is 34.9 Å². The summed E-state index contributed by atoms with van der Waals surface area (Å²) < 4.78 is 13.6. The standard InChI is InChI=1S/C12H11BrFN3/c1-8-11(13)7-16-12(17-8)15-6-9-2-4-10(14)5-3-9/h2-5,7H,6H2,1H3,(H,15,16,17). The Balaban J connectivity index is 2.02. The second-order valence-corrected chi connectivity index (χ2v) is 4.46. The van der Waals surface area contributed by atoms with E-state index in [4.69, 9.17) is 0 Å². The van der Waals surface area contributed by atoms with Crippen molar-refractivity contribution in [2.75, 3.05) is 5.32 Å². The lowest BCUT2D eigenvalue weighted by Gasteiger charge is -2.06. The normalized spacial score (nSPS) is 10.3. The Morgan fingerprint density at radius 1 is 1.29 bits per heavy atom. The van der Waals surface area contributed by atoms with Crippen molar-refractivity contribution in [2.24, 2.45) is 0 Å². The van der Waals surface area contributed by atoms with Crippen LogP contribution in [0.2, 0.25) is 0 Å². The Labute approximate surface area is 107 Å². The fourth-order valence-electron chi connectivity index (χ4n) is 1.32. The summed E-state index contributed by atoms with van der Waals surface area (Å²) in [6.45, 7) is 2.47. The van der Waals surface area contributed by atoms with Gasteiger partial charge >= 0.3 is 0 Å². The Bertz CT molecular complexity index is 514. The minimum absolute atomic E-state index is 0.232. The molecule has 0 fully saturated rings. The van der Waals surface area contributed by atoms with Crippen molar-refractivity contribution < 1.29 is 4.39 Å². The Kier molecular flexibility index (Phi) is 3.68. The highest BCUT2D eigenvalue weighted by molar-refractivity contribution is 9.10. The molecule has 0 radical (unpaired) electrons. The first-order valence-electron chi connectivity index (χ1n) is 5.12. The van der Waals surface area contributed by atoms with Crippen LogP contribution < -0.4 is 5.32 Å². The highest BCUT2D eigenvalue weighted by atomic mass is 79.9. The van der Waals surface area contributed by atoms with Gasteiger partial charge in [-0.2, -0.15) is 0 Å². The van der Waals surface area contributed by atoms with Gasteiger partial charge in [0.1, 0.15) is 5.82 Å². The number of nitrogens with one attached hydrogen (secondary N) is 1. The van der Waals surface area contributed by atoms with Gasteiger partial charge in [0.25, 0.3) is 0 Å². The molecule has 0 saturated carbocycles. The number of nitrogens with zero attached hydrogens (tertiary/aromatic N) is 2. The Morgan fingerprint density at radius 2 is 2.00 bits per heavy atom. The number of aromatic nitrogens is 2. The molecular formula is C12H11BrFN3. The van der Waals surface area contributed by atoms with Gasteiger partial charge in [-0.3, -0.25) is 0 Å². The maximum absolute atomic E-state index is 12.7. The summed E-state index contributed by atoms with van der Waals surface area (Å²) in [5.74, 6) is 0.333. The quantitative estimate of drug-likeness (QED) is 0.944. The van der Waals surface area contributed by atoms with Gasteiger partial charge < -0.3 is 5.32 Å². The molecule has 0 spiro atoms. The molecule has 3 nitrogen and oxygen atoms in total. The second-order valence-electron chi connectivity index (χ2n) is 3.61. The zero-order valence-corrected chi connectivity index (χ0v) is 10.8. The fourth-order valence-corrected chi connectivity index (χ4v) is 1.51. The van der Waals surface area contributed by atoms with E-state index >= 15 is 0 Å². The van der Waals surface area contributed by atoms with Crippen molar-refractivity contribution >= 4 is 21.9 Å². The van der Waals surface area contributed by atoms with Crippen molar-refractivity contribution in [2.45, 2.75) is 13.5 Å². The van der Waals surface area contributed by atoms with Crippen LogP contribution in [-0.2, 0) is 6.54 Å². The molecule has 0 amide bonds. The summed E-state index contributed by atoms with van der Waals surface area (Å²) in [5.41, 5.74) is 1.86. The van der Waals surface area contributed by atoms with Crippen molar-refractivity contribution in [3.05, 3.63) is 52.0 Å². The van der Waals surface area contributed by atoms with Crippen LogP contribution in [0.5, 0.6) is 0 Å². The van der Waals surface area contributed by atoms with Gasteiger partial charge in [-0.05, 0) is 40.5 Å². The average molecular weight is 296 g/mol. The molecule has 2 aromatic rings. The third-order valence-electron chi connectivity index (χ3n) is 2.28. The molecule has 88 valence electrons. The van der Waals surface area contributed by atoms with Crippen LogP contribution >= 0.6 is 15.9 Å². The van der Waals surface area contributed by atoms with E-state index in [1.807, 2.05) is 6.92 Å². The number of anilines is 1. The lowest BCUT2D eigenvalue weighted by Crippen LogP contribution is -2.04. The molecule has 2 rings (SSSR count). The number of halogens is 2. The van der Waals surface area contributed by atoms with Gasteiger partial charge in [0.05, 0.1) is 10.2 Å². The third-order valence-corrected chi connectivity index (χ3v) is 3.06. The smallest absolute Gasteiger partial charge is 0.223 e. The van der Waals surface area contributed by atoms with E-state index < -0.39 is 0 Å². The molecule has 5 heteroatoms. The van der Waals surface area contributed by atoms with Crippen LogP contribution in [0.3, 0.4) is 0 Å². The van der Waals surface area contributed by atoms with Crippen LogP contribution in [0.4, 0.5) is 10.3 Å². The van der Waals surface area contributed by atoms with E-state index in [1.165, 1.54) is 12.1 Å². The second kappa shape index (κ2) is 5.23. The number of aryl methyl sites for hydroxylation is 1. The van der Waals surface area contributed by atoms with Crippen molar-refractivity contribution in [1.29, 1.82) is 0 Å². The first-order chi connectivity index (χ1) is 8.15. The maximum Gasteiger partial charge on any atom is 0.223 e. The number of hydrogen-bond acceptors (Lipinski definition) is 3. The molecule has 1 N–H and O–H groups in total. The number of rotatable bonds is 3. The molecule has 0 saturated heterocycles. The van der Waals surface area contributed by atoms with Gasteiger partial charge in [0, 0.05) is 12.7 Å². The van der Waals surface area contributed by atoms with Gasteiger partial charge in [0.15, 0.2) is 0 Å². The highest BCUT2D eigenvalue weighted by Crippen LogP contribution is 2.14. The molecule has 0 aliphatic heterocycles. The minimum atomic E-state index is -0.232. The van der Waals surface area contributed by atoms with Crippen LogP contribution in [0.1, 0.15) is 11.3 Å². The minimum Gasteiger partial charge on any atom is -0.350 e. The fraction of sp³-hybridized carbons (Fsp3) is 0.167. The highest BCUT2D eigenvalue weighted by Gasteiger charge is 2.00. The summed E-state index contributed by atoms with van der Waals surface area (Å²) in [6.07, 6.45) is 1.70. The summed E-state index contributed by atoms with van der Waals surface area (Å²) in [7, 11) is 0. The van der Waals surface area contributed by atoms with E-state index in [1.54, 1.807) is 18.3 Å². The van der Waals surface area contributed by atoms with Gasteiger partial charge in [-0.25, -0.2) is 14.4 Å². The van der Waals surface area contributed by atoms with Crippen LogP contribution in [-0.4, -0.2) is 9.97 Å². The zero-order chi connectivity index (χ0) is 12.3. The molecule has 1 heterocycles. The predicted octanol–water partition coefficient (Wildman–Crippen LogP) is 3.30. The summed E-state index contributed by atoms with van der Waals surface area (Å²) in [6, 6.07) is 6.33. The van der Waals surface area contributed by atoms with Crippen molar-refractivity contribution in [1.82, 2.24) is 9.97 Å². The van der Waals surface area contributed by atoms with Crippen LogP contribution in [0.25, 0.3) is 0 Å². The predicted molar refractivity (Wildman–Crippen MR) is 68.2 cm³/mol. The van der Waals surface area contributed by atoms with Gasteiger partial charge in [-0.15, -0.1) is 0 Å². The third kappa shape index (κ3) is 3.23. The molecule has 0 aliphatic rings. The molecule has 0 bridgehead atoms. The first-order valence-corrected chi connectivity index (χ1v) is 5.92. The van der Waals surface area contributed by atoms with Crippen LogP contribution in [0, 0.1) is 12.7 Å². The largest absolute Gasteiger partial charge is 0.350 e. The molecule has 0 atom stereocenters. The topological polar surface area (TPSA) is 37.8 Å². The lowest BCUT2D eigenvalue weighted by molar-refractivity contribution is 0.627. The SMILES string of the molecule is Cc1nc(NCc2ccc(F)cc2)ncc1Br. The first kappa shape index (κ1) is 12.0. The summed E-state index contributed by atoms with van der Waals surface area (Å²) in [5, 5.41) is 3.08. The van der Waals surface area contributed by atoms with Crippen molar-refractivity contribution in [3.63, 3.8) is 0 Å². The van der Waals surface area contributed by atoms with Gasteiger partial charge in [-0.1, -0.05) is 12.1 Å². The monoisotopic (exact) mass is 295 g/mol. The molecule has 0 unspecified atom stereocenters. The van der Waals surface area contributed by atoms with Crippen molar-refractivity contribution in [3.8, 4) is 0 Å². The van der Waals surface area contributed by atoms with E-state index in [-0.39, 0.29) is 5.82 Å². The van der Waals surface area contributed by atoms with E-state index in [2.05, 4.69) is 31.2 Å². The molecule has 17 heavy (non-hydrogen) atoms. The molecule has 1 aromatic heterocycles. The number of benzene rings is 1. The summed E-state index contributed by atoms with van der Waals surface area (Å²) in [4.78, 5) is 8.39. The molecule has 0 aliphatic carbocycles. The summed E-state index contributed by atoms with van der Waals surface area (Å²) >= 11 is 3.34. The zero-order valence-electron chi connectivity index (χ0n) is 9.24. The average Bonchev–Trinajstić information content (AvgIpc) is 2.33. The Morgan fingerprint density at radius 3 is 2.65 bits per heavy atom. The molecule has 1 aromatic carbocycles.